The third-order valence-electron chi connectivity index (χ3n) is 6.03. The second kappa shape index (κ2) is 12.8. The fourth-order valence-electron chi connectivity index (χ4n) is 4.29. The topological polar surface area (TPSA) is 118 Å². The van der Waals surface area contributed by atoms with Crippen molar-refractivity contribution in [2.45, 2.75) is 58.1 Å². The molecule has 4 N–H and O–H groups in total. The minimum atomic E-state index is -0.998. The molecule has 0 radical (unpaired) electrons. The molecule has 7 nitrogen and oxygen atoms in total. The van der Waals surface area contributed by atoms with Crippen molar-refractivity contribution in [1.82, 2.24) is 15.3 Å². The summed E-state index contributed by atoms with van der Waals surface area (Å²) in [4.78, 5) is 34.2. The Morgan fingerprint density at radius 1 is 1.06 bits per heavy atom. The molecule has 0 saturated heterocycles. The number of hydrogen-bond donors (Lipinski definition) is 3. The maximum atomic E-state index is 13.1. The van der Waals surface area contributed by atoms with Gasteiger partial charge in [-0.2, -0.15) is 0 Å². The predicted octanol–water partition coefficient (Wildman–Crippen LogP) is 3.96. The van der Waals surface area contributed by atoms with Crippen LogP contribution < -0.4 is 11.1 Å². The summed E-state index contributed by atoms with van der Waals surface area (Å²) in [6, 6.07) is 16.3. The summed E-state index contributed by atoms with van der Waals surface area (Å²) in [7, 11) is 0. The van der Waals surface area contributed by atoms with Gasteiger partial charge in [-0.1, -0.05) is 74.4 Å². The van der Waals surface area contributed by atoms with Crippen molar-refractivity contribution in [2.24, 2.45) is 11.7 Å². The number of nitrogens with two attached hydrogens (primary N) is 1. The zero-order valence-electron chi connectivity index (χ0n) is 20.4. The summed E-state index contributed by atoms with van der Waals surface area (Å²) >= 11 is 0. The van der Waals surface area contributed by atoms with Crippen molar-refractivity contribution < 1.29 is 14.7 Å². The number of aromatic nitrogens is 2. The molecule has 0 aliphatic rings. The Morgan fingerprint density at radius 3 is 2.40 bits per heavy atom. The third-order valence-corrected chi connectivity index (χ3v) is 6.03. The first-order valence-corrected chi connectivity index (χ1v) is 12.2. The van der Waals surface area contributed by atoms with Gasteiger partial charge < -0.3 is 16.2 Å². The van der Waals surface area contributed by atoms with Crippen LogP contribution in [0.2, 0.25) is 0 Å². The van der Waals surface area contributed by atoms with Crippen molar-refractivity contribution in [3.05, 3.63) is 83.7 Å². The van der Waals surface area contributed by atoms with E-state index in [0.717, 1.165) is 30.4 Å². The molecular weight excluding hydrogens is 440 g/mol. The second-order valence-corrected chi connectivity index (χ2v) is 8.71. The van der Waals surface area contributed by atoms with E-state index in [1.165, 1.54) is 6.20 Å². The average molecular weight is 475 g/mol. The average Bonchev–Trinajstić information content (AvgIpc) is 2.86. The number of amides is 2. The van der Waals surface area contributed by atoms with Gasteiger partial charge in [0.2, 0.25) is 5.91 Å². The highest BCUT2D eigenvalue weighted by molar-refractivity contribution is 5.94. The summed E-state index contributed by atoms with van der Waals surface area (Å²) in [5.74, 6) is -1.50. The number of carbonyl (C=O) groups is 2. The molecule has 0 aliphatic carbocycles. The van der Waals surface area contributed by atoms with Crippen LogP contribution >= 0.6 is 0 Å². The molecule has 1 aromatic heterocycles. The van der Waals surface area contributed by atoms with Crippen molar-refractivity contribution in [3.8, 4) is 0 Å². The number of nitrogens with zero attached hydrogens (tertiary/aromatic N) is 2. The minimum absolute atomic E-state index is 0.127. The van der Waals surface area contributed by atoms with Gasteiger partial charge in [-0.15, -0.1) is 0 Å². The first kappa shape index (κ1) is 26.0. The van der Waals surface area contributed by atoms with E-state index in [0.29, 0.717) is 17.5 Å². The van der Waals surface area contributed by atoms with Crippen molar-refractivity contribution >= 4 is 22.8 Å². The molecule has 3 rings (SSSR count). The van der Waals surface area contributed by atoms with Gasteiger partial charge in [0.05, 0.1) is 35.3 Å². The highest BCUT2D eigenvalue weighted by Gasteiger charge is 2.29. The number of nitrogens with one attached hydrogen (secondary N) is 1. The van der Waals surface area contributed by atoms with Crippen LogP contribution in [0.4, 0.5) is 0 Å². The predicted molar refractivity (Wildman–Crippen MR) is 138 cm³/mol. The van der Waals surface area contributed by atoms with E-state index in [4.69, 9.17) is 5.73 Å². The zero-order valence-corrected chi connectivity index (χ0v) is 20.4. The van der Waals surface area contributed by atoms with E-state index < -0.39 is 29.9 Å². The van der Waals surface area contributed by atoms with Gasteiger partial charge in [-0.25, -0.2) is 4.98 Å². The van der Waals surface area contributed by atoms with Gasteiger partial charge in [0.25, 0.3) is 5.91 Å². The molecule has 0 saturated carbocycles. The smallest absolute Gasteiger partial charge is 0.271 e. The first-order valence-electron chi connectivity index (χ1n) is 12.2. The van der Waals surface area contributed by atoms with Gasteiger partial charge in [0.15, 0.2) is 0 Å². The molecule has 3 atom stereocenters. The van der Waals surface area contributed by atoms with Crippen LogP contribution in [0, 0.1) is 5.92 Å². The number of fused-ring (bicyclic) bond motifs is 1. The number of aliphatic hydroxyl groups is 1. The maximum absolute atomic E-state index is 13.1. The van der Waals surface area contributed by atoms with Crippen molar-refractivity contribution in [1.29, 1.82) is 0 Å². The quantitative estimate of drug-likeness (QED) is 0.343. The lowest BCUT2D eigenvalue weighted by Crippen LogP contribution is -2.46. The number of hydrogen-bond acceptors (Lipinski definition) is 5. The van der Waals surface area contributed by atoms with Crippen LogP contribution in [0.25, 0.3) is 11.0 Å². The number of benzene rings is 2. The minimum Gasteiger partial charge on any atom is -0.391 e. The number of para-hydroxylation sites is 2. The third kappa shape index (κ3) is 7.20. The standard InChI is InChI=1S/C28H34N4O3/c1-3-10-20(11-4-2)21(27(29)34)17-26(33)24(16-19-12-6-5-7-13-19)32-28(35)25-18-30-22-14-8-9-15-23(22)31-25/h5-10,12-15,18,21,24,26,33H,3-4,11,16-17H2,1-2H3,(H2,29,34)(H,32,35)/t21-,24+,26+/m1/s1. The summed E-state index contributed by atoms with van der Waals surface area (Å²) in [6.07, 6.45) is 5.35. The number of allylic oxidation sites excluding steroid dienone is 1. The number of carbonyl (C=O) groups excluding carboxylic acids is 2. The molecule has 0 aliphatic heterocycles. The molecule has 0 unspecified atom stereocenters. The fraction of sp³-hybridized carbons (Fsp3) is 0.357. The van der Waals surface area contributed by atoms with Gasteiger partial charge in [-0.05, 0) is 43.4 Å². The first-order chi connectivity index (χ1) is 16.9. The van der Waals surface area contributed by atoms with Gasteiger partial charge in [0.1, 0.15) is 5.69 Å². The Kier molecular flexibility index (Phi) is 9.49. The Balaban J connectivity index is 1.85. The second-order valence-electron chi connectivity index (χ2n) is 8.71. The number of primary amides is 1. The number of rotatable bonds is 12. The molecule has 2 amide bonds. The Morgan fingerprint density at radius 2 is 1.74 bits per heavy atom. The van der Waals surface area contributed by atoms with Crippen LogP contribution in [0.5, 0.6) is 0 Å². The molecule has 184 valence electrons. The molecule has 0 bridgehead atoms. The normalized spacial score (nSPS) is 14.3. The highest BCUT2D eigenvalue weighted by Crippen LogP contribution is 2.24. The lowest BCUT2D eigenvalue weighted by atomic mass is 9.85. The molecule has 3 aromatic rings. The van der Waals surface area contributed by atoms with Crippen molar-refractivity contribution in [3.63, 3.8) is 0 Å². The molecular formula is C28H34N4O3. The largest absolute Gasteiger partial charge is 0.391 e. The molecule has 0 spiro atoms. The van der Waals surface area contributed by atoms with Crippen LogP contribution in [-0.2, 0) is 11.2 Å². The van der Waals surface area contributed by atoms with Crippen molar-refractivity contribution in [2.75, 3.05) is 0 Å². The van der Waals surface area contributed by atoms with Gasteiger partial charge in [0, 0.05) is 0 Å². The lowest BCUT2D eigenvalue weighted by molar-refractivity contribution is -0.121. The van der Waals surface area contributed by atoms with E-state index in [9.17, 15) is 14.7 Å². The Bertz CT molecular complexity index is 1160. The molecule has 7 heteroatoms. The number of aliphatic hydroxyl groups excluding tert-OH is 1. The molecule has 2 aromatic carbocycles. The zero-order chi connectivity index (χ0) is 25.2. The molecule has 0 fully saturated rings. The van der Waals surface area contributed by atoms with Gasteiger partial charge in [-0.3, -0.25) is 14.6 Å². The fourth-order valence-corrected chi connectivity index (χ4v) is 4.29. The lowest BCUT2D eigenvalue weighted by Gasteiger charge is -2.28. The maximum Gasteiger partial charge on any atom is 0.271 e. The van der Waals surface area contributed by atoms with E-state index in [1.807, 2.05) is 68.5 Å². The van der Waals surface area contributed by atoms with Crippen LogP contribution in [0.3, 0.4) is 0 Å². The summed E-state index contributed by atoms with van der Waals surface area (Å²) < 4.78 is 0. The highest BCUT2D eigenvalue weighted by atomic mass is 16.3. The summed E-state index contributed by atoms with van der Waals surface area (Å²) in [6.45, 7) is 4.05. The monoisotopic (exact) mass is 474 g/mol. The van der Waals surface area contributed by atoms with E-state index >= 15 is 0 Å². The SMILES string of the molecule is CCC=C(CCC)[C@@H](C[C@H](O)[C@H](Cc1ccccc1)NC(=O)c1cnc2ccccc2n1)C(N)=O. The molecule has 35 heavy (non-hydrogen) atoms. The van der Waals surface area contributed by atoms with Crippen LogP contribution in [0.15, 0.2) is 72.4 Å². The van der Waals surface area contributed by atoms with E-state index in [-0.39, 0.29) is 12.1 Å². The Labute approximate surface area is 206 Å². The summed E-state index contributed by atoms with van der Waals surface area (Å²) in [5.41, 5.74) is 9.11. The van der Waals surface area contributed by atoms with Crippen LogP contribution in [0.1, 0.15) is 55.6 Å². The summed E-state index contributed by atoms with van der Waals surface area (Å²) in [5, 5.41) is 14.2. The van der Waals surface area contributed by atoms with Crippen LogP contribution in [-0.4, -0.2) is 39.0 Å². The van der Waals surface area contributed by atoms with E-state index in [1.54, 1.807) is 6.07 Å². The van der Waals surface area contributed by atoms with E-state index in [2.05, 4.69) is 15.3 Å². The molecule has 1 heterocycles. The Hall–Kier alpha value is -3.58. The van der Waals surface area contributed by atoms with Gasteiger partial charge >= 0.3 is 0 Å².